The smallest absolute Gasteiger partial charge is 0.243 e. The van der Waals surface area contributed by atoms with Crippen LogP contribution in [0.2, 0.25) is 0 Å². The lowest BCUT2D eigenvalue weighted by atomic mass is 10.3. The molecule has 1 fully saturated rings. The molecule has 0 atom stereocenters. The molecule has 0 aliphatic carbocycles. The van der Waals surface area contributed by atoms with Crippen LogP contribution in [-0.4, -0.2) is 47.4 Å². The predicted molar refractivity (Wildman–Crippen MR) is 77.4 cm³/mol. The first-order chi connectivity index (χ1) is 9.39. The topological polar surface area (TPSA) is 83.6 Å². The highest BCUT2D eigenvalue weighted by atomic mass is 32.2. The third-order valence-corrected chi connectivity index (χ3v) is 6.14. The second-order valence-corrected chi connectivity index (χ2v) is 8.09. The van der Waals surface area contributed by atoms with Crippen LogP contribution in [0.3, 0.4) is 0 Å². The number of amides is 1. The van der Waals surface area contributed by atoms with E-state index in [1.807, 2.05) is 0 Å². The first-order valence-electron chi connectivity index (χ1n) is 6.12. The number of sulfonamides is 1. The molecule has 1 N–H and O–H groups in total. The van der Waals surface area contributed by atoms with Crippen molar-refractivity contribution < 1.29 is 17.4 Å². The first-order valence-corrected chi connectivity index (χ1v) is 9.05. The molecule has 8 heteroatoms. The van der Waals surface area contributed by atoms with Crippen LogP contribution in [0.5, 0.6) is 0 Å². The molecule has 1 saturated heterocycles. The molecule has 1 aromatic rings. The van der Waals surface area contributed by atoms with Crippen LogP contribution >= 0.6 is 0 Å². The lowest BCUT2D eigenvalue weighted by molar-refractivity contribution is -0.114. The van der Waals surface area contributed by atoms with Crippen molar-refractivity contribution in [3.8, 4) is 0 Å². The van der Waals surface area contributed by atoms with E-state index in [0.29, 0.717) is 17.2 Å². The number of benzene rings is 1. The summed E-state index contributed by atoms with van der Waals surface area (Å²) in [7, 11) is -4.46. The van der Waals surface area contributed by atoms with E-state index in [0.717, 1.165) is 0 Å². The van der Waals surface area contributed by atoms with E-state index in [9.17, 15) is 17.4 Å². The fourth-order valence-electron chi connectivity index (χ4n) is 1.92. The standard InChI is InChI=1S/C12H16N2O4S2/c1-10(15)13-11-2-4-12(5-3-11)20(17,18)14-6-8-19(16)9-7-14/h2-5H,6-9H2,1H3,(H,13,15). The highest BCUT2D eigenvalue weighted by molar-refractivity contribution is 7.89. The van der Waals surface area contributed by atoms with Gasteiger partial charge in [0.05, 0.1) is 4.90 Å². The zero-order chi connectivity index (χ0) is 14.8. The lowest BCUT2D eigenvalue weighted by Gasteiger charge is -2.25. The first kappa shape index (κ1) is 15.1. The molecule has 6 nitrogen and oxygen atoms in total. The van der Waals surface area contributed by atoms with Crippen LogP contribution in [-0.2, 0) is 25.6 Å². The zero-order valence-electron chi connectivity index (χ0n) is 11.0. The third kappa shape index (κ3) is 3.44. The fourth-order valence-corrected chi connectivity index (χ4v) is 4.65. The maximum absolute atomic E-state index is 12.4. The summed E-state index contributed by atoms with van der Waals surface area (Å²) in [6, 6.07) is 6.03. The maximum Gasteiger partial charge on any atom is 0.243 e. The summed E-state index contributed by atoms with van der Waals surface area (Å²) in [5, 5.41) is 2.58. The lowest BCUT2D eigenvalue weighted by Crippen LogP contribution is -2.41. The number of rotatable bonds is 3. The van der Waals surface area contributed by atoms with Crippen molar-refractivity contribution in [2.75, 3.05) is 29.9 Å². The van der Waals surface area contributed by atoms with Crippen LogP contribution in [0.25, 0.3) is 0 Å². The Bertz CT molecular complexity index is 615. The molecule has 1 heterocycles. The Morgan fingerprint density at radius 3 is 2.25 bits per heavy atom. The SMILES string of the molecule is CC(=O)Nc1ccc(S(=O)(=O)N2CCS(=O)CC2)cc1. The Kier molecular flexibility index (Phi) is 4.56. The van der Waals surface area contributed by atoms with Crippen LogP contribution in [0.4, 0.5) is 5.69 Å². The molecule has 0 saturated carbocycles. The molecule has 20 heavy (non-hydrogen) atoms. The highest BCUT2D eigenvalue weighted by Gasteiger charge is 2.27. The molecule has 0 aromatic heterocycles. The van der Waals surface area contributed by atoms with Gasteiger partial charge in [-0.25, -0.2) is 8.42 Å². The summed E-state index contributed by atoms with van der Waals surface area (Å²) in [6.07, 6.45) is 0. The highest BCUT2D eigenvalue weighted by Crippen LogP contribution is 2.19. The van der Waals surface area contributed by atoms with Crippen molar-refractivity contribution in [2.24, 2.45) is 0 Å². The molecular weight excluding hydrogens is 300 g/mol. The van der Waals surface area contributed by atoms with Crippen molar-refractivity contribution in [1.82, 2.24) is 4.31 Å². The van der Waals surface area contributed by atoms with E-state index in [-0.39, 0.29) is 23.9 Å². The van der Waals surface area contributed by atoms with Gasteiger partial charge in [0.25, 0.3) is 0 Å². The molecule has 0 unspecified atom stereocenters. The van der Waals surface area contributed by atoms with E-state index in [4.69, 9.17) is 0 Å². The predicted octanol–water partition coefficient (Wildman–Crippen LogP) is 0.398. The third-order valence-electron chi connectivity index (χ3n) is 2.95. The van der Waals surface area contributed by atoms with Gasteiger partial charge in [-0.15, -0.1) is 0 Å². The van der Waals surface area contributed by atoms with E-state index in [2.05, 4.69) is 5.32 Å². The van der Waals surface area contributed by atoms with Crippen LogP contribution in [0.1, 0.15) is 6.92 Å². The Morgan fingerprint density at radius 1 is 1.20 bits per heavy atom. The average Bonchev–Trinajstić information content (AvgIpc) is 2.39. The van der Waals surface area contributed by atoms with Crippen molar-refractivity contribution >= 4 is 32.4 Å². The summed E-state index contributed by atoms with van der Waals surface area (Å²) < 4.78 is 37.4. The van der Waals surface area contributed by atoms with E-state index >= 15 is 0 Å². The van der Waals surface area contributed by atoms with E-state index in [1.165, 1.54) is 23.4 Å². The average molecular weight is 316 g/mol. The number of nitrogens with one attached hydrogen (secondary N) is 1. The Morgan fingerprint density at radius 2 is 1.75 bits per heavy atom. The Hall–Kier alpha value is -1.25. The molecule has 0 radical (unpaired) electrons. The van der Waals surface area contributed by atoms with Crippen molar-refractivity contribution in [3.05, 3.63) is 24.3 Å². The van der Waals surface area contributed by atoms with E-state index in [1.54, 1.807) is 12.1 Å². The number of hydrogen-bond donors (Lipinski definition) is 1. The van der Waals surface area contributed by atoms with Crippen LogP contribution < -0.4 is 5.32 Å². The number of anilines is 1. The number of carbonyl (C=O) groups is 1. The number of hydrogen-bond acceptors (Lipinski definition) is 4. The monoisotopic (exact) mass is 316 g/mol. The molecule has 1 aliphatic heterocycles. The van der Waals surface area contributed by atoms with Crippen molar-refractivity contribution in [2.45, 2.75) is 11.8 Å². The summed E-state index contributed by atoms with van der Waals surface area (Å²) in [5.41, 5.74) is 0.552. The van der Waals surface area contributed by atoms with Gasteiger partial charge in [-0.1, -0.05) is 0 Å². The number of nitrogens with zero attached hydrogens (tertiary/aromatic N) is 1. The van der Waals surface area contributed by atoms with Gasteiger partial charge >= 0.3 is 0 Å². The summed E-state index contributed by atoms with van der Waals surface area (Å²) in [6.45, 7) is 1.95. The molecule has 1 amide bonds. The number of carbonyl (C=O) groups excluding carboxylic acids is 1. The van der Waals surface area contributed by atoms with Crippen molar-refractivity contribution in [1.29, 1.82) is 0 Å². The minimum absolute atomic E-state index is 0.180. The molecule has 1 aromatic carbocycles. The van der Waals surface area contributed by atoms with Gasteiger partial charge in [0.2, 0.25) is 15.9 Å². The van der Waals surface area contributed by atoms with Crippen molar-refractivity contribution in [3.63, 3.8) is 0 Å². The molecule has 0 bridgehead atoms. The van der Waals surface area contributed by atoms with Gasteiger partial charge in [-0.05, 0) is 24.3 Å². The Balaban J connectivity index is 2.17. The summed E-state index contributed by atoms with van der Waals surface area (Å²) in [5.74, 6) is 0.547. The normalized spacial score (nSPS) is 17.9. The zero-order valence-corrected chi connectivity index (χ0v) is 12.7. The maximum atomic E-state index is 12.4. The van der Waals surface area contributed by atoms with Gasteiger partial charge in [0, 0.05) is 48.0 Å². The quantitative estimate of drug-likeness (QED) is 0.875. The van der Waals surface area contributed by atoms with E-state index < -0.39 is 20.8 Å². The van der Waals surface area contributed by atoms with Gasteiger partial charge in [-0.2, -0.15) is 4.31 Å². The largest absolute Gasteiger partial charge is 0.326 e. The Labute approximate surface area is 120 Å². The molecule has 0 spiro atoms. The fraction of sp³-hybridized carbons (Fsp3) is 0.417. The van der Waals surface area contributed by atoms with Gasteiger partial charge in [0.15, 0.2) is 0 Å². The minimum Gasteiger partial charge on any atom is -0.326 e. The van der Waals surface area contributed by atoms with Crippen LogP contribution in [0, 0.1) is 0 Å². The molecule has 1 aliphatic rings. The van der Waals surface area contributed by atoms with Gasteiger partial charge in [0.1, 0.15) is 0 Å². The summed E-state index contributed by atoms with van der Waals surface area (Å²) in [4.78, 5) is 11.1. The minimum atomic E-state index is -3.54. The second-order valence-electron chi connectivity index (χ2n) is 4.46. The molecule has 110 valence electrons. The van der Waals surface area contributed by atoms with Gasteiger partial charge in [-0.3, -0.25) is 9.00 Å². The molecule has 2 rings (SSSR count). The summed E-state index contributed by atoms with van der Waals surface area (Å²) >= 11 is 0. The second kappa shape index (κ2) is 6.02. The van der Waals surface area contributed by atoms with Gasteiger partial charge < -0.3 is 5.32 Å². The molecular formula is C12H16N2O4S2. The van der Waals surface area contributed by atoms with Crippen LogP contribution in [0.15, 0.2) is 29.2 Å².